The maximum Gasteiger partial charge on any atom is 0.330 e. The van der Waals surface area contributed by atoms with E-state index < -0.39 is 91.2 Å². The van der Waals surface area contributed by atoms with E-state index in [4.69, 9.17) is 32.4 Å². The molecule has 1 saturated heterocycles. The zero-order valence-electron chi connectivity index (χ0n) is 32.6. The number of nitrogens with two attached hydrogens (primary N) is 4. The van der Waals surface area contributed by atoms with E-state index in [1.807, 2.05) is 0 Å². The fraction of sp³-hybridized carbons (Fsp3) is 0.794. The Bertz CT molecular complexity index is 1360. The average molecular weight is 818 g/mol. The lowest BCUT2D eigenvalue weighted by Crippen LogP contribution is -2.69. The van der Waals surface area contributed by atoms with Gasteiger partial charge in [0.1, 0.15) is 18.2 Å². The molecule has 2 aliphatic rings. The van der Waals surface area contributed by atoms with Crippen molar-refractivity contribution < 1.29 is 58.7 Å². The first-order valence-corrected chi connectivity index (χ1v) is 19.1. The number of aliphatic hydroxyl groups is 3. The van der Waals surface area contributed by atoms with Crippen LogP contribution in [0.4, 0.5) is 0 Å². The van der Waals surface area contributed by atoms with E-state index in [0.717, 1.165) is 13.3 Å². The molecule has 0 aromatic carbocycles. The Balaban J connectivity index is 1.96. The highest BCUT2D eigenvalue weighted by Gasteiger charge is 2.49. The van der Waals surface area contributed by atoms with Gasteiger partial charge in [-0.1, -0.05) is 0 Å². The number of ether oxygens (including phenoxy) is 2. The summed E-state index contributed by atoms with van der Waals surface area (Å²) in [5, 5.41) is 57.5. The Labute approximate surface area is 331 Å². The van der Waals surface area contributed by atoms with Gasteiger partial charge in [-0.2, -0.15) is 0 Å². The van der Waals surface area contributed by atoms with Crippen molar-refractivity contribution >= 4 is 41.5 Å². The summed E-state index contributed by atoms with van der Waals surface area (Å²) in [5.74, 6) is -3.92. The third-order valence-corrected chi connectivity index (χ3v) is 9.27. The Hall–Kier alpha value is -4.23. The number of amides is 4. The van der Waals surface area contributed by atoms with Crippen molar-refractivity contribution in [2.75, 3.05) is 32.8 Å². The third kappa shape index (κ3) is 17.4. The molecule has 326 valence electrons. The maximum absolute atomic E-state index is 13.4. The van der Waals surface area contributed by atoms with Gasteiger partial charge in [-0.25, -0.2) is 9.79 Å². The summed E-state index contributed by atoms with van der Waals surface area (Å²) in [6.45, 7) is 2.46. The minimum atomic E-state index is -1.67. The summed E-state index contributed by atoms with van der Waals surface area (Å²) in [5.41, 5.74) is 23.0. The molecular formula is C34H63N11O12. The summed E-state index contributed by atoms with van der Waals surface area (Å²) >= 11 is 0. The zero-order valence-corrected chi connectivity index (χ0v) is 32.6. The predicted octanol–water partition coefficient (Wildman–Crippen LogP) is -5.97. The first kappa shape index (κ1) is 48.9. The molecule has 0 radical (unpaired) electrons. The Kier molecular flexibility index (Phi) is 21.6. The first-order valence-electron chi connectivity index (χ1n) is 19.1. The molecule has 11 atom stereocenters. The lowest BCUT2D eigenvalue weighted by molar-refractivity contribution is -0.214. The Morgan fingerprint density at radius 2 is 1.51 bits per heavy atom. The number of aliphatic hydroxyl groups excluding tert-OH is 3. The van der Waals surface area contributed by atoms with Gasteiger partial charge < -0.3 is 84.7 Å². The van der Waals surface area contributed by atoms with E-state index in [9.17, 15) is 49.2 Å². The van der Waals surface area contributed by atoms with Crippen LogP contribution >= 0.6 is 0 Å². The van der Waals surface area contributed by atoms with Crippen molar-refractivity contribution in [3.8, 4) is 0 Å². The molecule has 0 aromatic rings. The number of nitrogens with one attached hydrogen (secondary N) is 6. The van der Waals surface area contributed by atoms with Gasteiger partial charge in [-0.3, -0.25) is 24.0 Å². The number of carboxylic acids is 1. The van der Waals surface area contributed by atoms with Crippen molar-refractivity contribution in [3.63, 3.8) is 0 Å². The van der Waals surface area contributed by atoms with E-state index in [0.29, 0.717) is 38.8 Å². The number of hydrogen-bond donors (Lipinski definition) is 14. The minimum absolute atomic E-state index is 0.0507. The van der Waals surface area contributed by atoms with E-state index in [-0.39, 0.29) is 62.6 Å². The van der Waals surface area contributed by atoms with Gasteiger partial charge >= 0.3 is 11.9 Å². The normalized spacial score (nSPS) is 25.1. The number of guanidine groups is 1. The second-order valence-electron chi connectivity index (χ2n) is 14.3. The van der Waals surface area contributed by atoms with Gasteiger partial charge in [-0.05, 0) is 45.1 Å². The third-order valence-electron chi connectivity index (χ3n) is 9.27. The van der Waals surface area contributed by atoms with E-state index in [1.165, 1.54) is 6.92 Å². The molecule has 11 unspecified atom stereocenters. The molecule has 57 heavy (non-hydrogen) atoms. The van der Waals surface area contributed by atoms with Crippen molar-refractivity contribution in [2.24, 2.45) is 27.9 Å². The van der Waals surface area contributed by atoms with Crippen LogP contribution in [-0.2, 0) is 38.2 Å². The summed E-state index contributed by atoms with van der Waals surface area (Å²) in [4.78, 5) is 77.6. The number of hydrogen-bond acceptors (Lipinski definition) is 18. The largest absolute Gasteiger partial charge is 0.480 e. The van der Waals surface area contributed by atoms with Gasteiger partial charge in [0.05, 0.1) is 18.8 Å². The standard InChI is InChI=1S/C34H63N11O12/c1-17(47)41-21(8-5-11-40-25(51)13-20(38)7-4-10-39-24(50)12-19(37)6-3-9-35)14-26(52)42-29-30(53)31(56-18(2)48)23(16-46)57-32(29)45-34-43-27(22(49)15-36)28(44-34)33(54)55/h19-23,27-32,46,49,53H,3-16,35-38H2,1-2H3,(H,39,50)(H,40,51)(H,41,47)(H,42,52)(H,54,55)(H2,43,44,45). The molecule has 2 heterocycles. The SMILES string of the molecule is CC(=O)NC(CCCNC(=O)CC(N)CCCNC(=O)CC(N)CCCN)CC(=O)NC1C(NC2=NC(C(=O)O)C(C(O)CN)N2)OC(CO)C(OC(C)=O)C1O. The van der Waals surface area contributed by atoms with Crippen LogP contribution in [0.25, 0.3) is 0 Å². The smallest absolute Gasteiger partial charge is 0.330 e. The molecule has 0 aromatic heterocycles. The van der Waals surface area contributed by atoms with Crippen LogP contribution in [0, 0.1) is 0 Å². The number of carboxylic acid groups (broad SMARTS) is 1. The highest BCUT2D eigenvalue weighted by molar-refractivity contribution is 5.89. The molecule has 0 bridgehead atoms. The van der Waals surface area contributed by atoms with Gasteiger partial charge in [0.15, 0.2) is 24.3 Å². The maximum atomic E-state index is 13.4. The highest BCUT2D eigenvalue weighted by Crippen LogP contribution is 2.24. The number of carbonyl (C=O) groups excluding carboxylic acids is 5. The number of nitrogens with zero attached hydrogens (tertiary/aromatic N) is 1. The topological polar surface area (TPSA) is 390 Å². The first-order chi connectivity index (χ1) is 27.0. The van der Waals surface area contributed by atoms with Crippen LogP contribution in [-0.4, -0.2) is 162 Å². The number of carbonyl (C=O) groups is 6. The minimum Gasteiger partial charge on any atom is -0.480 e. The number of esters is 1. The molecule has 0 aliphatic carbocycles. The van der Waals surface area contributed by atoms with Crippen LogP contribution < -0.4 is 54.8 Å². The average Bonchev–Trinajstić information content (AvgIpc) is 3.57. The van der Waals surface area contributed by atoms with E-state index >= 15 is 0 Å². The Morgan fingerprint density at radius 3 is 2.04 bits per heavy atom. The van der Waals surface area contributed by atoms with E-state index in [2.05, 4.69) is 36.9 Å². The quantitative estimate of drug-likeness (QED) is 0.0301. The number of aliphatic carboxylic acids is 1. The molecule has 4 amide bonds. The van der Waals surface area contributed by atoms with Gasteiger partial charge in [0.25, 0.3) is 0 Å². The van der Waals surface area contributed by atoms with Crippen LogP contribution in [0.15, 0.2) is 4.99 Å². The van der Waals surface area contributed by atoms with Crippen LogP contribution in [0.2, 0.25) is 0 Å². The van der Waals surface area contributed by atoms with Crippen molar-refractivity contribution in [2.45, 2.75) is 139 Å². The predicted molar refractivity (Wildman–Crippen MR) is 203 cm³/mol. The highest BCUT2D eigenvalue weighted by atomic mass is 16.6. The molecule has 0 saturated carbocycles. The van der Waals surface area contributed by atoms with Crippen LogP contribution in [0.5, 0.6) is 0 Å². The Morgan fingerprint density at radius 1 is 0.912 bits per heavy atom. The van der Waals surface area contributed by atoms with Crippen molar-refractivity contribution in [1.82, 2.24) is 31.9 Å². The van der Waals surface area contributed by atoms with Crippen LogP contribution in [0.3, 0.4) is 0 Å². The van der Waals surface area contributed by atoms with Crippen molar-refractivity contribution in [3.05, 3.63) is 0 Å². The molecule has 2 rings (SSSR count). The summed E-state index contributed by atoms with van der Waals surface area (Å²) in [6.07, 6.45) is -4.03. The monoisotopic (exact) mass is 817 g/mol. The van der Waals surface area contributed by atoms with Crippen molar-refractivity contribution in [1.29, 1.82) is 0 Å². The summed E-state index contributed by atoms with van der Waals surface area (Å²) in [6, 6.07) is -5.39. The van der Waals surface area contributed by atoms with Crippen LogP contribution in [0.1, 0.15) is 71.6 Å². The summed E-state index contributed by atoms with van der Waals surface area (Å²) in [7, 11) is 0. The fourth-order valence-corrected chi connectivity index (χ4v) is 6.45. The molecular weight excluding hydrogens is 754 g/mol. The van der Waals surface area contributed by atoms with Gasteiger partial charge in [-0.15, -0.1) is 0 Å². The molecule has 2 aliphatic heterocycles. The lowest BCUT2D eigenvalue weighted by Gasteiger charge is -2.44. The van der Waals surface area contributed by atoms with E-state index in [1.54, 1.807) is 0 Å². The zero-order chi connectivity index (χ0) is 42.7. The molecule has 0 spiro atoms. The lowest BCUT2D eigenvalue weighted by atomic mass is 9.95. The second kappa shape index (κ2) is 25.2. The fourth-order valence-electron chi connectivity index (χ4n) is 6.45. The van der Waals surface area contributed by atoms with Gasteiger partial charge in [0, 0.05) is 70.9 Å². The van der Waals surface area contributed by atoms with Gasteiger partial charge in [0.2, 0.25) is 23.6 Å². The molecule has 18 N–H and O–H groups in total. The molecule has 23 heteroatoms. The molecule has 23 nitrogen and oxygen atoms in total. The molecule has 1 fully saturated rings. The number of rotatable bonds is 25. The summed E-state index contributed by atoms with van der Waals surface area (Å²) < 4.78 is 11.1. The second-order valence-corrected chi connectivity index (χ2v) is 14.3. The number of aliphatic imine (C=N–C) groups is 1.